The molecule has 1 amide bonds. The number of benzene rings is 2. The second kappa shape index (κ2) is 8.71. The van der Waals surface area contributed by atoms with E-state index in [1.165, 1.54) is 30.3 Å². The number of phenolic OH excluding ortho intramolecular Hbond substituents is 1. The van der Waals surface area contributed by atoms with Gasteiger partial charge in [0.25, 0.3) is 0 Å². The predicted molar refractivity (Wildman–Crippen MR) is 106 cm³/mol. The van der Waals surface area contributed by atoms with Gasteiger partial charge in [-0.3, -0.25) is 14.5 Å². The molecular formula is C21H22ClFN2O3. The maximum Gasteiger partial charge on any atom is 0.241 e. The summed E-state index contributed by atoms with van der Waals surface area (Å²) in [6, 6.07) is 9.81. The average Bonchev–Trinajstić information content (AvgIpc) is 2.70. The van der Waals surface area contributed by atoms with Crippen LogP contribution >= 0.6 is 11.6 Å². The van der Waals surface area contributed by atoms with Crippen LogP contribution in [0.5, 0.6) is 5.75 Å². The van der Waals surface area contributed by atoms with Gasteiger partial charge in [0.05, 0.1) is 11.7 Å². The van der Waals surface area contributed by atoms with Gasteiger partial charge in [0.15, 0.2) is 5.78 Å². The van der Waals surface area contributed by atoms with E-state index in [2.05, 4.69) is 5.32 Å². The molecule has 28 heavy (non-hydrogen) atoms. The molecule has 5 nitrogen and oxygen atoms in total. The molecule has 1 saturated heterocycles. The van der Waals surface area contributed by atoms with Crippen LogP contribution in [0, 0.1) is 11.7 Å². The standard InChI is InChI=1S/C21H22ClFN2O3/c1-13(21(28)24-19-12-16(22)4-7-18(19)23)25-10-8-15(9-11-25)20(27)14-2-5-17(26)6-3-14/h2-7,12-13,15,26H,8-11H2,1H3,(H,24,28). The highest BCUT2D eigenvalue weighted by Crippen LogP contribution is 2.25. The Hall–Kier alpha value is -2.44. The second-order valence-corrected chi connectivity index (χ2v) is 7.45. The number of carbonyl (C=O) groups is 2. The van der Waals surface area contributed by atoms with Crippen molar-refractivity contribution in [3.05, 3.63) is 58.9 Å². The van der Waals surface area contributed by atoms with Gasteiger partial charge in [-0.05, 0) is 75.3 Å². The Morgan fingerprint density at radius 2 is 1.82 bits per heavy atom. The van der Waals surface area contributed by atoms with Crippen LogP contribution in [0.25, 0.3) is 0 Å². The predicted octanol–water partition coefficient (Wildman–Crippen LogP) is 4.11. The van der Waals surface area contributed by atoms with Crippen molar-refractivity contribution >= 4 is 29.0 Å². The highest BCUT2D eigenvalue weighted by molar-refractivity contribution is 6.30. The first-order valence-corrected chi connectivity index (χ1v) is 9.56. The van der Waals surface area contributed by atoms with Crippen LogP contribution in [0.4, 0.5) is 10.1 Å². The molecule has 1 aliphatic heterocycles. The fraction of sp³-hybridized carbons (Fsp3) is 0.333. The third kappa shape index (κ3) is 4.69. The van der Waals surface area contributed by atoms with Crippen molar-refractivity contribution in [3.8, 4) is 5.75 Å². The van der Waals surface area contributed by atoms with E-state index in [1.54, 1.807) is 19.1 Å². The molecule has 1 aliphatic rings. The second-order valence-electron chi connectivity index (χ2n) is 7.01. The summed E-state index contributed by atoms with van der Waals surface area (Å²) in [4.78, 5) is 27.1. The van der Waals surface area contributed by atoms with Crippen molar-refractivity contribution < 1.29 is 19.1 Å². The molecule has 148 valence electrons. The number of hydrogen-bond donors (Lipinski definition) is 2. The fourth-order valence-corrected chi connectivity index (χ4v) is 3.58. The Kier molecular flexibility index (Phi) is 6.31. The first-order valence-electron chi connectivity index (χ1n) is 9.18. The molecule has 1 heterocycles. The van der Waals surface area contributed by atoms with E-state index in [4.69, 9.17) is 11.6 Å². The zero-order chi connectivity index (χ0) is 20.3. The van der Waals surface area contributed by atoms with E-state index >= 15 is 0 Å². The zero-order valence-electron chi connectivity index (χ0n) is 15.5. The number of rotatable bonds is 5. The van der Waals surface area contributed by atoms with E-state index in [0.717, 1.165) is 0 Å². The highest BCUT2D eigenvalue weighted by atomic mass is 35.5. The lowest BCUT2D eigenvalue weighted by atomic mass is 9.88. The number of halogens is 2. The first-order chi connectivity index (χ1) is 13.3. The fourth-order valence-electron chi connectivity index (χ4n) is 3.41. The summed E-state index contributed by atoms with van der Waals surface area (Å²) in [5.74, 6) is -0.783. The number of hydrogen-bond acceptors (Lipinski definition) is 4. The lowest BCUT2D eigenvalue weighted by Crippen LogP contribution is -2.47. The summed E-state index contributed by atoms with van der Waals surface area (Å²) in [7, 11) is 0. The van der Waals surface area contributed by atoms with Gasteiger partial charge in [0.1, 0.15) is 11.6 Å². The molecular weight excluding hydrogens is 383 g/mol. The molecule has 2 aromatic rings. The van der Waals surface area contributed by atoms with Gasteiger partial charge in [0.2, 0.25) is 5.91 Å². The number of amides is 1. The quantitative estimate of drug-likeness (QED) is 0.736. The lowest BCUT2D eigenvalue weighted by molar-refractivity contribution is -0.121. The normalized spacial score (nSPS) is 16.5. The summed E-state index contributed by atoms with van der Waals surface area (Å²) in [5, 5.41) is 12.3. The minimum absolute atomic E-state index is 0.0535. The van der Waals surface area contributed by atoms with Gasteiger partial charge in [-0.25, -0.2) is 4.39 Å². The van der Waals surface area contributed by atoms with Crippen LogP contribution in [0.3, 0.4) is 0 Å². The molecule has 0 spiro atoms. The van der Waals surface area contributed by atoms with E-state index < -0.39 is 11.9 Å². The third-order valence-electron chi connectivity index (χ3n) is 5.17. The number of nitrogens with zero attached hydrogens (tertiary/aromatic N) is 1. The molecule has 3 rings (SSSR count). The topological polar surface area (TPSA) is 69.6 Å². The number of ketones is 1. The Labute approximate surface area is 168 Å². The average molecular weight is 405 g/mol. The largest absolute Gasteiger partial charge is 0.508 e. The number of aromatic hydroxyl groups is 1. The number of Topliss-reactive ketones (excluding diaryl/α,β-unsaturated/α-hetero) is 1. The smallest absolute Gasteiger partial charge is 0.241 e. The van der Waals surface area contributed by atoms with Gasteiger partial charge in [-0.2, -0.15) is 0 Å². The third-order valence-corrected chi connectivity index (χ3v) is 5.40. The van der Waals surface area contributed by atoms with Crippen LogP contribution < -0.4 is 5.32 Å². The summed E-state index contributed by atoms with van der Waals surface area (Å²) in [6.45, 7) is 2.96. The Bertz CT molecular complexity index is 864. The molecule has 1 unspecified atom stereocenters. The molecule has 2 aromatic carbocycles. The van der Waals surface area contributed by atoms with E-state index in [9.17, 15) is 19.1 Å². The number of anilines is 1. The number of nitrogens with one attached hydrogen (secondary N) is 1. The van der Waals surface area contributed by atoms with Crippen molar-refractivity contribution in [2.45, 2.75) is 25.8 Å². The molecule has 0 aromatic heterocycles. The summed E-state index contributed by atoms with van der Waals surface area (Å²) in [5.41, 5.74) is 0.639. The molecule has 0 bridgehead atoms. The molecule has 0 saturated carbocycles. The summed E-state index contributed by atoms with van der Waals surface area (Å²) < 4.78 is 13.8. The van der Waals surface area contributed by atoms with Gasteiger partial charge >= 0.3 is 0 Å². The van der Waals surface area contributed by atoms with Crippen LogP contribution in [0.1, 0.15) is 30.1 Å². The Balaban J connectivity index is 1.56. The van der Waals surface area contributed by atoms with E-state index in [1.807, 2.05) is 4.90 Å². The van der Waals surface area contributed by atoms with Crippen molar-refractivity contribution in [2.24, 2.45) is 5.92 Å². The monoisotopic (exact) mass is 404 g/mol. The van der Waals surface area contributed by atoms with Crippen molar-refractivity contribution in [3.63, 3.8) is 0 Å². The van der Waals surface area contributed by atoms with Crippen LogP contribution in [-0.4, -0.2) is 40.8 Å². The summed E-state index contributed by atoms with van der Waals surface area (Å²) >= 11 is 5.86. The maximum atomic E-state index is 13.8. The Morgan fingerprint density at radius 3 is 2.46 bits per heavy atom. The number of carbonyl (C=O) groups excluding carboxylic acids is 2. The lowest BCUT2D eigenvalue weighted by Gasteiger charge is -2.34. The molecule has 1 atom stereocenters. The molecule has 1 fully saturated rings. The number of piperidine rings is 1. The maximum absolute atomic E-state index is 13.8. The van der Waals surface area contributed by atoms with E-state index in [0.29, 0.717) is 36.5 Å². The van der Waals surface area contributed by atoms with Gasteiger partial charge in [-0.1, -0.05) is 11.6 Å². The van der Waals surface area contributed by atoms with Gasteiger partial charge < -0.3 is 10.4 Å². The molecule has 0 radical (unpaired) electrons. The minimum atomic E-state index is -0.539. The SMILES string of the molecule is CC(C(=O)Nc1cc(Cl)ccc1F)N1CCC(C(=O)c2ccc(O)cc2)CC1. The molecule has 2 N–H and O–H groups in total. The van der Waals surface area contributed by atoms with E-state index in [-0.39, 0.29) is 29.0 Å². The first kappa shape index (κ1) is 20.3. The highest BCUT2D eigenvalue weighted by Gasteiger charge is 2.30. The zero-order valence-corrected chi connectivity index (χ0v) is 16.2. The number of likely N-dealkylation sites (tertiary alicyclic amines) is 1. The van der Waals surface area contributed by atoms with Crippen molar-refractivity contribution in [1.29, 1.82) is 0 Å². The minimum Gasteiger partial charge on any atom is -0.508 e. The molecule has 0 aliphatic carbocycles. The van der Waals surface area contributed by atoms with Crippen LogP contribution in [0.2, 0.25) is 5.02 Å². The van der Waals surface area contributed by atoms with Gasteiger partial charge in [0, 0.05) is 16.5 Å². The number of phenols is 1. The van der Waals surface area contributed by atoms with Crippen LogP contribution in [-0.2, 0) is 4.79 Å². The molecule has 7 heteroatoms. The summed E-state index contributed by atoms with van der Waals surface area (Å²) in [6.07, 6.45) is 1.28. The van der Waals surface area contributed by atoms with Gasteiger partial charge in [-0.15, -0.1) is 0 Å². The Morgan fingerprint density at radius 1 is 1.18 bits per heavy atom. The van der Waals surface area contributed by atoms with Crippen LogP contribution in [0.15, 0.2) is 42.5 Å². The van der Waals surface area contributed by atoms with Crippen molar-refractivity contribution in [2.75, 3.05) is 18.4 Å². The van der Waals surface area contributed by atoms with Crippen molar-refractivity contribution in [1.82, 2.24) is 4.90 Å².